The Hall–Kier alpha value is -2.34. The fraction of sp³-hybridized carbons (Fsp3) is 0.133. The van der Waals surface area contributed by atoms with Crippen molar-refractivity contribution in [1.29, 1.82) is 0 Å². The Labute approximate surface area is 119 Å². The monoisotopic (exact) mass is 294 g/mol. The molecule has 3 N–H and O–H groups in total. The molecule has 6 heteroatoms. The number of benzene rings is 2. The number of nitrogens with two attached hydrogens (primary N) is 1. The largest absolute Gasteiger partial charge is 0.326 e. The highest BCUT2D eigenvalue weighted by Crippen LogP contribution is 2.19. The number of carbonyl (C=O) groups excluding carboxylic acids is 1. The minimum Gasteiger partial charge on any atom is -0.326 e. The van der Waals surface area contributed by atoms with E-state index < -0.39 is 29.0 Å². The molecule has 0 aliphatic rings. The lowest BCUT2D eigenvalue weighted by atomic mass is 10.1. The van der Waals surface area contributed by atoms with Gasteiger partial charge in [-0.15, -0.1) is 0 Å². The van der Waals surface area contributed by atoms with Crippen molar-refractivity contribution in [2.24, 2.45) is 5.73 Å². The van der Waals surface area contributed by atoms with Crippen molar-refractivity contribution in [2.45, 2.75) is 13.0 Å². The second-order valence-corrected chi connectivity index (χ2v) is 4.49. The van der Waals surface area contributed by atoms with Crippen LogP contribution in [0.2, 0.25) is 0 Å². The summed E-state index contributed by atoms with van der Waals surface area (Å²) in [7, 11) is 0. The van der Waals surface area contributed by atoms with E-state index in [1.807, 2.05) is 0 Å². The maximum atomic E-state index is 13.4. The molecule has 2 aromatic rings. The number of nitrogens with one attached hydrogen (secondary N) is 1. The van der Waals surface area contributed by atoms with Crippen LogP contribution in [0.25, 0.3) is 0 Å². The fourth-order valence-corrected chi connectivity index (χ4v) is 1.82. The molecule has 0 saturated heterocycles. The van der Waals surface area contributed by atoms with Gasteiger partial charge in [-0.05, 0) is 11.1 Å². The molecule has 0 atom stereocenters. The maximum absolute atomic E-state index is 13.4. The fourth-order valence-electron chi connectivity index (χ4n) is 1.82. The first-order valence-electron chi connectivity index (χ1n) is 6.22. The van der Waals surface area contributed by atoms with E-state index >= 15 is 0 Å². The van der Waals surface area contributed by atoms with E-state index in [9.17, 15) is 18.0 Å². The zero-order valence-corrected chi connectivity index (χ0v) is 11.0. The highest BCUT2D eigenvalue weighted by atomic mass is 19.2. The molecule has 21 heavy (non-hydrogen) atoms. The summed E-state index contributed by atoms with van der Waals surface area (Å²) in [5, 5.41) is 2.15. The van der Waals surface area contributed by atoms with E-state index in [1.54, 1.807) is 24.3 Å². The summed E-state index contributed by atoms with van der Waals surface area (Å²) in [4.78, 5) is 11.8. The first kappa shape index (κ1) is 15.1. The van der Waals surface area contributed by atoms with E-state index in [2.05, 4.69) is 5.32 Å². The lowest BCUT2D eigenvalue weighted by molar-refractivity contribution is -0.115. The third kappa shape index (κ3) is 3.82. The molecule has 0 aliphatic carbocycles. The third-order valence-corrected chi connectivity index (χ3v) is 2.89. The molecule has 0 bridgehead atoms. The van der Waals surface area contributed by atoms with Gasteiger partial charge >= 0.3 is 0 Å². The smallest absolute Gasteiger partial charge is 0.228 e. The highest BCUT2D eigenvalue weighted by Gasteiger charge is 2.13. The lowest BCUT2D eigenvalue weighted by Gasteiger charge is -2.08. The number of rotatable bonds is 4. The quantitative estimate of drug-likeness (QED) is 0.852. The number of anilines is 1. The van der Waals surface area contributed by atoms with Crippen LogP contribution in [0.1, 0.15) is 11.1 Å². The van der Waals surface area contributed by atoms with Gasteiger partial charge in [0.15, 0.2) is 11.6 Å². The maximum Gasteiger partial charge on any atom is 0.228 e. The number of carbonyl (C=O) groups is 1. The predicted molar refractivity (Wildman–Crippen MR) is 73.0 cm³/mol. The van der Waals surface area contributed by atoms with Gasteiger partial charge in [0.05, 0.1) is 12.1 Å². The lowest BCUT2D eigenvalue weighted by Crippen LogP contribution is -2.16. The molecule has 0 saturated carbocycles. The molecule has 0 fully saturated rings. The van der Waals surface area contributed by atoms with Gasteiger partial charge in [0.1, 0.15) is 5.82 Å². The van der Waals surface area contributed by atoms with Gasteiger partial charge in [-0.25, -0.2) is 13.2 Å². The van der Waals surface area contributed by atoms with E-state index in [0.717, 1.165) is 11.6 Å². The van der Waals surface area contributed by atoms with E-state index in [0.29, 0.717) is 18.2 Å². The minimum atomic E-state index is -1.35. The number of amides is 1. The summed E-state index contributed by atoms with van der Waals surface area (Å²) < 4.78 is 39.4. The second kappa shape index (κ2) is 6.41. The Morgan fingerprint density at radius 3 is 2.29 bits per heavy atom. The Morgan fingerprint density at radius 1 is 1.05 bits per heavy atom. The van der Waals surface area contributed by atoms with Crippen LogP contribution >= 0.6 is 0 Å². The summed E-state index contributed by atoms with van der Waals surface area (Å²) in [5.41, 5.74) is 6.54. The SMILES string of the molecule is NCc1ccc(CC(=O)Nc2cc(F)cc(F)c2F)cc1. The Kier molecular flexibility index (Phi) is 4.59. The number of hydrogen-bond acceptors (Lipinski definition) is 2. The van der Waals surface area contributed by atoms with Crippen LogP contribution in [0.15, 0.2) is 36.4 Å². The van der Waals surface area contributed by atoms with Crippen molar-refractivity contribution in [3.63, 3.8) is 0 Å². The van der Waals surface area contributed by atoms with E-state index in [4.69, 9.17) is 5.73 Å². The van der Waals surface area contributed by atoms with Crippen LogP contribution in [0, 0.1) is 17.5 Å². The van der Waals surface area contributed by atoms with Gasteiger partial charge in [0, 0.05) is 18.7 Å². The standard InChI is InChI=1S/C15H13F3N2O/c16-11-6-12(17)15(18)13(7-11)20-14(21)5-9-1-3-10(8-19)4-2-9/h1-4,6-7H,5,8,19H2,(H,20,21). The third-order valence-electron chi connectivity index (χ3n) is 2.89. The van der Waals surface area contributed by atoms with Gasteiger partial charge in [0.25, 0.3) is 0 Å². The Balaban J connectivity index is 2.07. The second-order valence-electron chi connectivity index (χ2n) is 4.49. The zero-order valence-electron chi connectivity index (χ0n) is 11.0. The molecule has 2 rings (SSSR count). The van der Waals surface area contributed by atoms with Gasteiger partial charge in [-0.1, -0.05) is 24.3 Å². The van der Waals surface area contributed by atoms with Crippen LogP contribution < -0.4 is 11.1 Å². The average Bonchev–Trinajstić information content (AvgIpc) is 2.45. The highest BCUT2D eigenvalue weighted by molar-refractivity contribution is 5.92. The van der Waals surface area contributed by atoms with Gasteiger partial charge in [0.2, 0.25) is 5.91 Å². The molecule has 0 aliphatic heterocycles. The average molecular weight is 294 g/mol. The molecule has 0 heterocycles. The van der Waals surface area contributed by atoms with Crippen molar-refractivity contribution in [2.75, 3.05) is 5.32 Å². The van der Waals surface area contributed by atoms with Crippen molar-refractivity contribution < 1.29 is 18.0 Å². The van der Waals surface area contributed by atoms with Crippen LogP contribution in [0.4, 0.5) is 18.9 Å². The molecule has 3 nitrogen and oxygen atoms in total. The van der Waals surface area contributed by atoms with Crippen LogP contribution in [0.5, 0.6) is 0 Å². The summed E-state index contributed by atoms with van der Waals surface area (Å²) in [6.45, 7) is 0.389. The topological polar surface area (TPSA) is 55.1 Å². The molecule has 2 aromatic carbocycles. The predicted octanol–water partition coefficient (Wildman–Crippen LogP) is 2.74. The van der Waals surface area contributed by atoms with Crippen LogP contribution in [-0.2, 0) is 17.8 Å². The molecule has 0 radical (unpaired) electrons. The van der Waals surface area contributed by atoms with Gasteiger partial charge in [-0.2, -0.15) is 0 Å². The molecule has 0 spiro atoms. The van der Waals surface area contributed by atoms with Crippen molar-refractivity contribution in [3.05, 3.63) is 65.0 Å². The molecular weight excluding hydrogens is 281 g/mol. The Morgan fingerprint density at radius 2 is 1.67 bits per heavy atom. The van der Waals surface area contributed by atoms with Crippen LogP contribution in [0.3, 0.4) is 0 Å². The number of halogens is 3. The van der Waals surface area contributed by atoms with Crippen molar-refractivity contribution in [3.8, 4) is 0 Å². The molecule has 110 valence electrons. The van der Waals surface area contributed by atoms with Gasteiger partial charge < -0.3 is 11.1 Å². The van der Waals surface area contributed by atoms with Crippen molar-refractivity contribution in [1.82, 2.24) is 0 Å². The first-order chi connectivity index (χ1) is 9.99. The first-order valence-corrected chi connectivity index (χ1v) is 6.22. The minimum absolute atomic E-state index is 0.0393. The number of hydrogen-bond donors (Lipinski definition) is 2. The van der Waals surface area contributed by atoms with Crippen LogP contribution in [-0.4, -0.2) is 5.91 Å². The Bertz CT molecular complexity index is 657. The van der Waals surface area contributed by atoms with E-state index in [1.165, 1.54) is 0 Å². The summed E-state index contributed by atoms with van der Waals surface area (Å²) >= 11 is 0. The van der Waals surface area contributed by atoms with E-state index in [-0.39, 0.29) is 6.42 Å². The molecular formula is C15H13F3N2O. The summed E-state index contributed by atoms with van der Waals surface area (Å²) in [6.07, 6.45) is -0.0393. The normalized spacial score (nSPS) is 10.5. The van der Waals surface area contributed by atoms with Gasteiger partial charge in [-0.3, -0.25) is 4.79 Å². The molecule has 0 unspecified atom stereocenters. The van der Waals surface area contributed by atoms with Crippen molar-refractivity contribution >= 4 is 11.6 Å². The zero-order chi connectivity index (χ0) is 15.4. The molecule has 1 amide bonds. The summed E-state index contributed by atoms with van der Waals surface area (Å²) in [5.74, 6) is -4.17. The molecule has 0 aromatic heterocycles. The summed E-state index contributed by atoms with van der Waals surface area (Å²) in [6, 6.07) is 8.11.